The van der Waals surface area contributed by atoms with E-state index in [1.807, 2.05) is 30.5 Å². The van der Waals surface area contributed by atoms with Crippen molar-refractivity contribution in [1.29, 1.82) is 0 Å². The number of likely N-dealkylation sites (tertiary alicyclic amines) is 1. The molecule has 2 aromatic carbocycles. The Morgan fingerprint density at radius 1 is 1.00 bits per heavy atom. The van der Waals surface area contributed by atoms with Crippen molar-refractivity contribution in [3.8, 4) is 11.1 Å². The standard InChI is InChI=1S/C32H38N4O3S2/c33-31(37)21-26-19-25(23-7-2-1-3-8-23)20-27-28(22-34-32(26)27)24-11-15-36(16-12-24)41(38,39)18-6-14-35-13-4-9-29(35)30-10-5-17-40-30/h1-3,5,7-8,10,17,19-20,22,24,29,34H,4,6,9,11-16,18,21H2,(H2,33,37). The van der Waals surface area contributed by atoms with Crippen LogP contribution in [0.3, 0.4) is 0 Å². The lowest BCUT2D eigenvalue weighted by Crippen LogP contribution is -2.39. The van der Waals surface area contributed by atoms with Crippen molar-refractivity contribution in [3.05, 3.63) is 82.2 Å². The van der Waals surface area contributed by atoms with Gasteiger partial charge in [0, 0.05) is 41.1 Å². The number of sulfonamides is 1. The summed E-state index contributed by atoms with van der Waals surface area (Å²) in [4.78, 5) is 19.1. The summed E-state index contributed by atoms with van der Waals surface area (Å²) in [5.74, 6) is 0.0896. The molecule has 0 bridgehead atoms. The molecule has 0 saturated carbocycles. The summed E-state index contributed by atoms with van der Waals surface area (Å²) in [6, 6.07) is 19.1. The van der Waals surface area contributed by atoms with E-state index in [1.54, 1.807) is 15.6 Å². The van der Waals surface area contributed by atoms with Crippen LogP contribution < -0.4 is 5.73 Å². The number of benzene rings is 2. The second-order valence-corrected chi connectivity index (χ2v) is 14.4. The third kappa shape index (κ3) is 6.14. The summed E-state index contributed by atoms with van der Waals surface area (Å²) in [6.45, 7) is 2.94. The Morgan fingerprint density at radius 3 is 2.54 bits per heavy atom. The van der Waals surface area contributed by atoms with Gasteiger partial charge in [0.1, 0.15) is 0 Å². The Morgan fingerprint density at radius 2 is 1.80 bits per heavy atom. The van der Waals surface area contributed by atoms with Gasteiger partial charge >= 0.3 is 0 Å². The first kappa shape index (κ1) is 28.2. The van der Waals surface area contributed by atoms with Gasteiger partial charge < -0.3 is 10.7 Å². The van der Waals surface area contributed by atoms with Gasteiger partial charge in [-0.15, -0.1) is 11.3 Å². The smallest absolute Gasteiger partial charge is 0.221 e. The van der Waals surface area contributed by atoms with Crippen LogP contribution in [-0.2, 0) is 21.2 Å². The van der Waals surface area contributed by atoms with Gasteiger partial charge in [0.15, 0.2) is 0 Å². The van der Waals surface area contributed by atoms with Crippen molar-refractivity contribution < 1.29 is 13.2 Å². The van der Waals surface area contributed by atoms with Gasteiger partial charge in [0.05, 0.1) is 12.2 Å². The van der Waals surface area contributed by atoms with Gasteiger partial charge in [0.25, 0.3) is 0 Å². The van der Waals surface area contributed by atoms with E-state index in [-0.39, 0.29) is 24.0 Å². The summed E-state index contributed by atoms with van der Waals surface area (Å²) in [7, 11) is -3.29. The number of nitrogens with zero attached hydrogens (tertiary/aromatic N) is 2. The maximum atomic E-state index is 13.3. The highest BCUT2D eigenvalue weighted by Crippen LogP contribution is 2.38. The predicted octanol–water partition coefficient (Wildman–Crippen LogP) is 5.66. The number of rotatable bonds is 10. The maximum absolute atomic E-state index is 13.3. The normalized spacial score (nSPS) is 19.3. The van der Waals surface area contributed by atoms with Gasteiger partial charge in [-0.25, -0.2) is 12.7 Å². The van der Waals surface area contributed by atoms with Gasteiger partial charge in [-0.05, 0) is 96.9 Å². The van der Waals surface area contributed by atoms with Crippen LogP contribution in [0, 0.1) is 0 Å². The molecule has 1 unspecified atom stereocenters. The Bertz CT molecular complexity index is 1590. The van der Waals surface area contributed by atoms with E-state index in [1.165, 1.54) is 16.9 Å². The average Bonchev–Trinajstić information content (AvgIpc) is 3.74. The molecule has 3 N–H and O–H groups in total. The highest BCUT2D eigenvalue weighted by molar-refractivity contribution is 7.89. The van der Waals surface area contributed by atoms with E-state index in [9.17, 15) is 13.2 Å². The molecule has 6 rings (SSSR count). The number of thiophene rings is 1. The Balaban J connectivity index is 1.12. The van der Waals surface area contributed by atoms with E-state index in [0.29, 0.717) is 25.6 Å². The lowest BCUT2D eigenvalue weighted by Gasteiger charge is -2.31. The molecule has 2 aliphatic heterocycles. The summed E-state index contributed by atoms with van der Waals surface area (Å²) in [5.41, 5.74) is 10.7. The first-order valence-electron chi connectivity index (χ1n) is 14.6. The van der Waals surface area contributed by atoms with Crippen molar-refractivity contribution in [3.63, 3.8) is 0 Å². The van der Waals surface area contributed by atoms with Crippen LogP contribution in [0.4, 0.5) is 0 Å². The van der Waals surface area contributed by atoms with Gasteiger partial charge in [-0.3, -0.25) is 9.69 Å². The molecule has 4 heterocycles. The number of hydrogen-bond acceptors (Lipinski definition) is 5. The summed E-state index contributed by atoms with van der Waals surface area (Å²) in [5, 5.41) is 3.22. The van der Waals surface area contributed by atoms with Crippen LogP contribution in [0.2, 0.25) is 0 Å². The minimum Gasteiger partial charge on any atom is -0.369 e. The second-order valence-electron chi connectivity index (χ2n) is 11.4. The number of hydrogen-bond donors (Lipinski definition) is 2. The number of carbonyl (C=O) groups excluding carboxylic acids is 1. The Hall–Kier alpha value is -2.98. The molecular weight excluding hydrogens is 553 g/mol. The van der Waals surface area contributed by atoms with Crippen molar-refractivity contribution in [2.24, 2.45) is 5.73 Å². The SMILES string of the molecule is NC(=O)Cc1cc(-c2ccccc2)cc2c(C3CCN(S(=O)(=O)CCCN4CCCC4c4cccs4)CC3)c[nH]c12. The van der Waals surface area contributed by atoms with Gasteiger partial charge in [-0.2, -0.15) is 0 Å². The highest BCUT2D eigenvalue weighted by Gasteiger charge is 2.31. The van der Waals surface area contributed by atoms with Crippen molar-refractivity contribution in [1.82, 2.24) is 14.2 Å². The van der Waals surface area contributed by atoms with E-state index in [2.05, 4.69) is 45.6 Å². The number of nitrogens with one attached hydrogen (secondary N) is 1. The molecule has 216 valence electrons. The van der Waals surface area contributed by atoms with Crippen molar-refractivity contribution >= 4 is 38.2 Å². The molecule has 0 spiro atoms. The minimum absolute atomic E-state index is 0.166. The van der Waals surface area contributed by atoms with Crippen LogP contribution in [0.15, 0.2) is 66.2 Å². The van der Waals surface area contributed by atoms with Crippen LogP contribution in [0.5, 0.6) is 0 Å². The molecule has 41 heavy (non-hydrogen) atoms. The molecular formula is C32H38N4O3S2. The summed E-state index contributed by atoms with van der Waals surface area (Å²) >= 11 is 1.80. The number of piperidine rings is 1. The molecule has 2 aromatic heterocycles. The summed E-state index contributed by atoms with van der Waals surface area (Å²) in [6.07, 6.45) is 6.76. The Labute approximate surface area is 246 Å². The maximum Gasteiger partial charge on any atom is 0.221 e. The second kappa shape index (κ2) is 12.1. The molecule has 2 fully saturated rings. The third-order valence-corrected chi connectivity index (χ3v) is 11.7. The van der Waals surface area contributed by atoms with Gasteiger partial charge in [0.2, 0.25) is 15.9 Å². The highest BCUT2D eigenvalue weighted by atomic mass is 32.2. The average molecular weight is 591 g/mol. The first-order valence-corrected chi connectivity index (χ1v) is 17.1. The molecule has 7 nitrogen and oxygen atoms in total. The zero-order valence-electron chi connectivity index (χ0n) is 23.3. The van der Waals surface area contributed by atoms with Crippen molar-refractivity contribution in [2.75, 3.05) is 31.9 Å². The molecule has 4 aromatic rings. The zero-order chi connectivity index (χ0) is 28.4. The molecule has 1 amide bonds. The topological polar surface area (TPSA) is 99.5 Å². The fourth-order valence-electron chi connectivity index (χ4n) is 6.71. The third-order valence-electron chi connectivity index (χ3n) is 8.74. The number of aromatic nitrogens is 1. The van der Waals surface area contributed by atoms with E-state index < -0.39 is 10.0 Å². The van der Waals surface area contributed by atoms with Crippen LogP contribution in [-0.4, -0.2) is 60.4 Å². The fourth-order valence-corrected chi connectivity index (χ4v) is 9.13. The van der Waals surface area contributed by atoms with E-state index in [0.717, 1.165) is 59.9 Å². The van der Waals surface area contributed by atoms with Crippen LogP contribution in [0.25, 0.3) is 22.0 Å². The predicted molar refractivity (Wildman–Crippen MR) is 166 cm³/mol. The number of carbonyl (C=O) groups is 1. The molecule has 1 atom stereocenters. The minimum atomic E-state index is -3.29. The number of primary amides is 1. The summed E-state index contributed by atoms with van der Waals surface area (Å²) < 4.78 is 28.3. The zero-order valence-corrected chi connectivity index (χ0v) is 24.9. The quantitative estimate of drug-likeness (QED) is 0.249. The molecule has 0 radical (unpaired) electrons. The fraction of sp³-hybridized carbons (Fsp3) is 0.406. The van der Waals surface area contributed by atoms with Crippen LogP contribution >= 0.6 is 11.3 Å². The Kier molecular flexibility index (Phi) is 8.30. The number of fused-ring (bicyclic) bond motifs is 1. The lowest BCUT2D eigenvalue weighted by molar-refractivity contribution is -0.117. The van der Waals surface area contributed by atoms with Gasteiger partial charge in [-0.1, -0.05) is 36.4 Å². The first-order chi connectivity index (χ1) is 19.9. The van der Waals surface area contributed by atoms with E-state index in [4.69, 9.17) is 5.73 Å². The number of aromatic amines is 1. The number of H-pyrrole nitrogens is 1. The molecule has 2 aliphatic rings. The number of nitrogens with two attached hydrogens (primary N) is 1. The molecule has 9 heteroatoms. The molecule has 0 aliphatic carbocycles. The van der Waals surface area contributed by atoms with Crippen LogP contribution in [0.1, 0.15) is 60.1 Å². The monoisotopic (exact) mass is 590 g/mol. The number of amides is 1. The largest absolute Gasteiger partial charge is 0.369 e. The molecule has 2 saturated heterocycles. The lowest BCUT2D eigenvalue weighted by atomic mass is 9.88. The van der Waals surface area contributed by atoms with Crippen molar-refractivity contribution in [2.45, 2.75) is 50.5 Å². The van der Waals surface area contributed by atoms with E-state index >= 15 is 0 Å².